The maximum absolute atomic E-state index is 12.8. The average Bonchev–Trinajstić information content (AvgIpc) is 3.56. The molecule has 5 unspecified atom stereocenters. The van der Waals surface area contributed by atoms with Crippen LogP contribution in [0, 0.1) is 0 Å². The van der Waals surface area contributed by atoms with E-state index in [4.69, 9.17) is 32.3 Å². The number of esters is 3. The minimum atomic E-state index is -4.92. The van der Waals surface area contributed by atoms with Crippen molar-refractivity contribution >= 4 is 33.6 Å². The van der Waals surface area contributed by atoms with Crippen molar-refractivity contribution in [2.24, 2.45) is 0 Å². The molecule has 87 heavy (non-hydrogen) atoms. The summed E-state index contributed by atoms with van der Waals surface area (Å²) in [5.74, 6) is -1.59. The van der Waals surface area contributed by atoms with Gasteiger partial charge in [-0.05, 0) is 89.9 Å². The smallest absolute Gasteiger partial charge is 0.463 e. The summed E-state index contributed by atoms with van der Waals surface area (Å²) < 4.78 is 60.8. The Morgan fingerprint density at radius 3 is 1.01 bits per heavy atom. The van der Waals surface area contributed by atoms with Crippen molar-refractivity contribution in [2.45, 2.75) is 296 Å². The van der Waals surface area contributed by atoms with Gasteiger partial charge in [-0.3, -0.25) is 32.5 Å². The second kappa shape index (κ2) is 62.9. The van der Waals surface area contributed by atoms with Crippen LogP contribution >= 0.6 is 15.6 Å². The molecule has 4 N–H and O–H groups in total. The standard InChI is InChI=1S/C69H122O16P2/c1-4-7-10-13-16-19-22-24-26-27-28-29-30-31-32-33-34-35-37-39-41-43-46-49-52-55-67(72)79-58-64(70)59-81-86(75,76)82-60-65(71)61-83-87(77,78)84-63-66(85-69(74)57-54-51-48-45-40-21-18-15-12-9-6-3)62-80-68(73)56-53-50-47-44-42-38-36-25-23-20-17-14-11-8-5-2/h7,10,15-16,18-19,24,26,28-29,31-32,34-35,64-66,70-71H,4-6,8-9,11-14,17,20-23,25,27,30,33,36-63H2,1-3H3,(H,75,76)(H,77,78)/b10-7-,18-15-,19-16-,26-24-,29-28-,32-31-,35-34-. The van der Waals surface area contributed by atoms with Gasteiger partial charge in [-0.15, -0.1) is 0 Å². The van der Waals surface area contributed by atoms with Gasteiger partial charge in [0, 0.05) is 19.3 Å². The highest BCUT2D eigenvalue weighted by atomic mass is 31.2. The lowest BCUT2D eigenvalue weighted by molar-refractivity contribution is -0.161. The first-order valence-electron chi connectivity index (χ1n) is 33.9. The highest BCUT2D eigenvalue weighted by molar-refractivity contribution is 7.47. The van der Waals surface area contributed by atoms with E-state index in [1.54, 1.807) is 0 Å². The van der Waals surface area contributed by atoms with Crippen molar-refractivity contribution in [3.05, 3.63) is 85.1 Å². The fraction of sp³-hybridized carbons (Fsp3) is 0.754. The summed E-state index contributed by atoms with van der Waals surface area (Å²) >= 11 is 0. The van der Waals surface area contributed by atoms with Crippen molar-refractivity contribution in [1.29, 1.82) is 0 Å². The molecule has 18 heteroatoms. The van der Waals surface area contributed by atoms with Gasteiger partial charge in [0.25, 0.3) is 0 Å². The SMILES string of the molecule is CC/C=C\C/C=C\C/C=C\C/C=C\C/C=C\C/C=C\CCCCCCCCC(=O)OCC(O)COP(=O)(O)OCC(O)COP(=O)(O)OCC(COC(=O)CCCCCCCCCCCCCCCCC)OC(=O)CCCCCCC/C=C\CCCC. The average molecular weight is 1270 g/mol. The Morgan fingerprint density at radius 1 is 0.333 bits per heavy atom. The summed E-state index contributed by atoms with van der Waals surface area (Å²) in [4.78, 5) is 58.2. The van der Waals surface area contributed by atoms with E-state index in [0.717, 1.165) is 135 Å². The molecule has 0 amide bonds. The van der Waals surface area contributed by atoms with E-state index >= 15 is 0 Å². The molecule has 0 aliphatic carbocycles. The van der Waals surface area contributed by atoms with E-state index in [2.05, 4.69) is 106 Å². The van der Waals surface area contributed by atoms with Gasteiger partial charge in [0.15, 0.2) is 6.10 Å². The molecule has 0 rings (SSSR count). The molecule has 0 saturated heterocycles. The molecular formula is C69H122O16P2. The lowest BCUT2D eigenvalue weighted by atomic mass is 10.0. The number of hydrogen-bond donors (Lipinski definition) is 4. The van der Waals surface area contributed by atoms with Gasteiger partial charge in [0.1, 0.15) is 25.4 Å². The third kappa shape index (κ3) is 64.1. The summed E-state index contributed by atoms with van der Waals surface area (Å²) in [7, 11) is -9.77. The predicted molar refractivity (Wildman–Crippen MR) is 353 cm³/mol. The fourth-order valence-corrected chi connectivity index (χ4v) is 10.5. The molecule has 504 valence electrons. The van der Waals surface area contributed by atoms with Crippen LogP contribution in [0.25, 0.3) is 0 Å². The number of carbonyl (C=O) groups excluding carboxylic acids is 3. The Kier molecular flexibility index (Phi) is 60.5. The number of ether oxygens (including phenoxy) is 3. The lowest BCUT2D eigenvalue weighted by Crippen LogP contribution is -2.30. The first-order chi connectivity index (χ1) is 42.2. The maximum atomic E-state index is 12.8. The van der Waals surface area contributed by atoms with Crippen LogP contribution in [0.5, 0.6) is 0 Å². The maximum Gasteiger partial charge on any atom is 0.472 e. The summed E-state index contributed by atoms with van der Waals surface area (Å²) in [5.41, 5.74) is 0. The molecule has 5 atom stereocenters. The Morgan fingerprint density at radius 2 is 0.621 bits per heavy atom. The molecule has 0 fully saturated rings. The minimum absolute atomic E-state index is 0.0968. The van der Waals surface area contributed by atoms with E-state index in [1.165, 1.54) is 83.5 Å². The summed E-state index contributed by atoms with van der Waals surface area (Å²) in [6.45, 7) is 2.50. The molecule has 0 aliphatic rings. The molecule has 0 aromatic heterocycles. The molecule has 0 spiro atoms. The summed E-state index contributed by atoms with van der Waals surface area (Å²) in [5, 5.41) is 20.5. The van der Waals surface area contributed by atoms with Gasteiger partial charge in [-0.1, -0.05) is 254 Å². The second-order valence-electron chi connectivity index (χ2n) is 22.6. The largest absolute Gasteiger partial charge is 0.472 e. The molecule has 0 bridgehead atoms. The fourth-order valence-electron chi connectivity index (χ4n) is 8.91. The zero-order valence-electron chi connectivity index (χ0n) is 54.4. The van der Waals surface area contributed by atoms with Gasteiger partial charge >= 0.3 is 33.6 Å². The van der Waals surface area contributed by atoms with Crippen molar-refractivity contribution in [1.82, 2.24) is 0 Å². The third-order valence-electron chi connectivity index (χ3n) is 14.1. The molecule has 16 nitrogen and oxygen atoms in total. The van der Waals surface area contributed by atoms with Crippen molar-refractivity contribution in [2.75, 3.05) is 39.6 Å². The third-order valence-corrected chi connectivity index (χ3v) is 16.0. The first-order valence-corrected chi connectivity index (χ1v) is 36.9. The quantitative estimate of drug-likeness (QED) is 0.0146. The number of carbonyl (C=O) groups is 3. The molecule has 0 aromatic carbocycles. The summed E-state index contributed by atoms with van der Waals surface area (Å²) in [6, 6.07) is 0. The first kappa shape index (κ1) is 83.7. The lowest BCUT2D eigenvalue weighted by Gasteiger charge is -2.21. The zero-order chi connectivity index (χ0) is 63.8. The Hall–Kier alpha value is -3.27. The van der Waals surface area contributed by atoms with E-state index in [1.807, 2.05) is 0 Å². The highest BCUT2D eigenvalue weighted by Gasteiger charge is 2.29. The number of aliphatic hydroxyl groups excluding tert-OH is 2. The number of hydrogen-bond acceptors (Lipinski definition) is 14. The molecule has 0 aliphatic heterocycles. The molecule has 0 radical (unpaired) electrons. The van der Waals surface area contributed by atoms with E-state index < -0.39 is 91.5 Å². The zero-order valence-corrected chi connectivity index (χ0v) is 56.2. The van der Waals surface area contributed by atoms with Gasteiger partial charge in [0.2, 0.25) is 0 Å². The molecule has 0 aromatic rings. The van der Waals surface area contributed by atoms with Crippen LogP contribution in [0.1, 0.15) is 278 Å². The van der Waals surface area contributed by atoms with Crippen LogP contribution in [0.4, 0.5) is 0 Å². The van der Waals surface area contributed by atoms with Crippen LogP contribution in [-0.2, 0) is 55.8 Å². The Labute approximate surface area is 527 Å². The number of aliphatic hydroxyl groups is 2. The number of unbranched alkanes of at least 4 members (excludes halogenated alkanes) is 27. The predicted octanol–water partition coefficient (Wildman–Crippen LogP) is 18.5. The number of rotatable bonds is 64. The van der Waals surface area contributed by atoms with Gasteiger partial charge in [0.05, 0.1) is 26.4 Å². The number of phosphoric acid groups is 2. The van der Waals surface area contributed by atoms with Crippen LogP contribution < -0.4 is 0 Å². The van der Waals surface area contributed by atoms with Gasteiger partial charge in [-0.2, -0.15) is 0 Å². The van der Waals surface area contributed by atoms with E-state index in [0.29, 0.717) is 19.3 Å². The molecular weight excluding hydrogens is 1150 g/mol. The number of allylic oxidation sites excluding steroid dienone is 14. The van der Waals surface area contributed by atoms with Crippen molar-refractivity contribution in [3.63, 3.8) is 0 Å². The highest BCUT2D eigenvalue weighted by Crippen LogP contribution is 2.45. The van der Waals surface area contributed by atoms with Gasteiger partial charge in [-0.25, -0.2) is 9.13 Å². The normalized spacial score (nSPS) is 14.8. The van der Waals surface area contributed by atoms with Crippen LogP contribution in [0.3, 0.4) is 0 Å². The Bertz CT molecular complexity index is 1930. The summed E-state index contributed by atoms with van der Waals surface area (Å²) in [6.07, 6.45) is 66.5. The van der Waals surface area contributed by atoms with Crippen LogP contribution in [-0.4, -0.2) is 95.9 Å². The van der Waals surface area contributed by atoms with E-state index in [-0.39, 0.29) is 19.3 Å². The molecule has 0 heterocycles. The molecule has 0 saturated carbocycles. The van der Waals surface area contributed by atoms with Crippen molar-refractivity contribution < 1.29 is 75.8 Å². The second-order valence-corrected chi connectivity index (χ2v) is 25.5. The van der Waals surface area contributed by atoms with Gasteiger partial charge < -0.3 is 34.2 Å². The Balaban J connectivity index is 4.51. The minimum Gasteiger partial charge on any atom is -0.463 e. The van der Waals surface area contributed by atoms with Crippen LogP contribution in [0.2, 0.25) is 0 Å². The topological polar surface area (TPSA) is 231 Å². The van der Waals surface area contributed by atoms with E-state index in [9.17, 15) is 43.5 Å². The monoisotopic (exact) mass is 1270 g/mol. The van der Waals surface area contributed by atoms with Crippen LogP contribution in [0.15, 0.2) is 85.1 Å². The number of phosphoric ester groups is 2. The van der Waals surface area contributed by atoms with Crippen molar-refractivity contribution in [3.8, 4) is 0 Å².